The molecule has 1 heterocycles. The van der Waals surface area contributed by atoms with Gasteiger partial charge in [0.25, 0.3) is 0 Å². The van der Waals surface area contributed by atoms with Crippen LogP contribution in [0.3, 0.4) is 0 Å². The van der Waals surface area contributed by atoms with Gasteiger partial charge in [-0.15, -0.1) is 0 Å². The van der Waals surface area contributed by atoms with E-state index < -0.39 is 24.3 Å². The number of amides is 1. The lowest BCUT2D eigenvalue weighted by atomic mass is 9.93. The summed E-state index contributed by atoms with van der Waals surface area (Å²) >= 11 is 0. The predicted molar refractivity (Wildman–Crippen MR) is 84.9 cm³/mol. The van der Waals surface area contributed by atoms with Crippen LogP contribution >= 0.6 is 0 Å². The van der Waals surface area contributed by atoms with Crippen molar-refractivity contribution in [3.8, 4) is 0 Å². The first kappa shape index (κ1) is 16.7. The van der Waals surface area contributed by atoms with E-state index in [4.69, 9.17) is 9.47 Å². The van der Waals surface area contributed by atoms with Gasteiger partial charge >= 0.3 is 12.1 Å². The van der Waals surface area contributed by atoms with Gasteiger partial charge < -0.3 is 9.47 Å². The highest BCUT2D eigenvalue weighted by molar-refractivity contribution is 5.82. The van der Waals surface area contributed by atoms with E-state index in [-0.39, 0.29) is 31.6 Å². The van der Waals surface area contributed by atoms with E-state index in [1.807, 2.05) is 30.3 Å². The normalized spacial score (nSPS) is 28.5. The molecule has 24 heavy (non-hydrogen) atoms. The molecule has 1 amide bonds. The Labute approximate surface area is 140 Å². The van der Waals surface area contributed by atoms with Crippen LogP contribution in [0.1, 0.15) is 25.3 Å². The zero-order valence-corrected chi connectivity index (χ0v) is 13.7. The lowest BCUT2D eigenvalue weighted by molar-refractivity contribution is -0.149. The van der Waals surface area contributed by atoms with Crippen LogP contribution < -0.4 is 0 Å². The number of hydrogen-bond donors (Lipinski definition) is 0. The summed E-state index contributed by atoms with van der Waals surface area (Å²) in [4.78, 5) is 26.1. The monoisotopic (exact) mass is 335 g/mol. The minimum Gasteiger partial charge on any atom is -0.464 e. The van der Waals surface area contributed by atoms with Crippen molar-refractivity contribution < 1.29 is 23.5 Å². The number of benzene rings is 1. The molecule has 0 unspecified atom stereocenters. The maximum absolute atomic E-state index is 14.1. The summed E-state index contributed by atoms with van der Waals surface area (Å²) < 4.78 is 24.5. The number of ether oxygens (including phenoxy) is 2. The minimum absolute atomic E-state index is 0.125. The molecule has 3 rings (SSSR count). The number of alkyl halides is 1. The molecule has 0 radical (unpaired) electrons. The summed E-state index contributed by atoms with van der Waals surface area (Å²) in [5, 5.41) is 0. The van der Waals surface area contributed by atoms with E-state index in [1.165, 1.54) is 4.90 Å². The van der Waals surface area contributed by atoms with Crippen LogP contribution in [0.5, 0.6) is 0 Å². The maximum atomic E-state index is 14.1. The second-order valence-corrected chi connectivity index (χ2v) is 6.31. The molecule has 1 saturated heterocycles. The Morgan fingerprint density at radius 3 is 2.62 bits per heavy atom. The third-order valence-electron chi connectivity index (χ3n) is 4.91. The number of rotatable bonds is 4. The molecule has 1 saturated carbocycles. The number of halogens is 1. The zero-order chi connectivity index (χ0) is 17.1. The average Bonchev–Trinajstić information content (AvgIpc) is 3.14. The quantitative estimate of drug-likeness (QED) is 0.794. The van der Waals surface area contributed by atoms with Crippen LogP contribution in [-0.4, -0.2) is 42.3 Å². The minimum atomic E-state index is -0.973. The van der Waals surface area contributed by atoms with Crippen LogP contribution in [0.15, 0.2) is 30.3 Å². The zero-order valence-electron chi connectivity index (χ0n) is 13.7. The molecule has 1 aromatic carbocycles. The van der Waals surface area contributed by atoms with Crippen molar-refractivity contribution in [2.75, 3.05) is 13.2 Å². The van der Waals surface area contributed by atoms with Gasteiger partial charge in [0, 0.05) is 12.5 Å². The summed E-state index contributed by atoms with van der Waals surface area (Å²) in [6.45, 7) is 2.29. The molecule has 130 valence electrons. The van der Waals surface area contributed by atoms with Crippen molar-refractivity contribution in [1.29, 1.82) is 0 Å². The molecule has 0 bridgehead atoms. The summed E-state index contributed by atoms with van der Waals surface area (Å²) in [5.41, 5.74) is 0.862. The number of carbonyl (C=O) groups excluding carboxylic acids is 2. The number of esters is 1. The summed E-state index contributed by atoms with van der Waals surface area (Å²) in [7, 11) is 0. The van der Waals surface area contributed by atoms with Gasteiger partial charge in [0.15, 0.2) is 0 Å². The standard InChI is InChI=1S/C18H22FNO4/c1-2-23-17(21)16-13-8-9-15(19)14(13)10-20(16)18(22)24-11-12-6-4-3-5-7-12/h3-7,13-16H,2,8-11H2,1H3/t13-,14-,15-,16-/m0/s1. The van der Waals surface area contributed by atoms with Gasteiger partial charge in [0.1, 0.15) is 18.8 Å². The number of likely N-dealkylation sites (tertiary alicyclic amines) is 1. The fourth-order valence-electron chi connectivity index (χ4n) is 3.78. The molecule has 2 fully saturated rings. The Morgan fingerprint density at radius 1 is 1.17 bits per heavy atom. The molecule has 0 aromatic heterocycles. The molecule has 2 aliphatic rings. The molecule has 1 aromatic rings. The number of carbonyl (C=O) groups is 2. The highest BCUT2D eigenvalue weighted by Gasteiger charge is 2.54. The van der Waals surface area contributed by atoms with Gasteiger partial charge in [-0.05, 0) is 31.2 Å². The second kappa shape index (κ2) is 7.20. The largest absolute Gasteiger partial charge is 0.464 e. The maximum Gasteiger partial charge on any atom is 0.410 e. The van der Waals surface area contributed by atoms with Crippen molar-refractivity contribution in [3.05, 3.63) is 35.9 Å². The third-order valence-corrected chi connectivity index (χ3v) is 4.91. The topological polar surface area (TPSA) is 55.8 Å². The number of nitrogens with zero attached hydrogens (tertiary/aromatic N) is 1. The van der Waals surface area contributed by atoms with Gasteiger partial charge in [-0.2, -0.15) is 0 Å². The molecule has 4 atom stereocenters. The van der Waals surface area contributed by atoms with Crippen molar-refractivity contribution >= 4 is 12.1 Å². The van der Waals surface area contributed by atoms with E-state index in [0.717, 1.165) is 5.56 Å². The van der Waals surface area contributed by atoms with Crippen molar-refractivity contribution in [1.82, 2.24) is 4.90 Å². The number of fused-ring (bicyclic) bond motifs is 1. The van der Waals surface area contributed by atoms with Crippen LogP contribution in [0.25, 0.3) is 0 Å². The summed E-state index contributed by atoms with van der Waals surface area (Å²) in [5.74, 6) is -0.942. The molecule has 6 heteroatoms. The Morgan fingerprint density at radius 2 is 1.92 bits per heavy atom. The van der Waals surface area contributed by atoms with Crippen LogP contribution in [0.2, 0.25) is 0 Å². The van der Waals surface area contributed by atoms with Gasteiger partial charge in [0.05, 0.1) is 6.61 Å². The predicted octanol–water partition coefficient (Wildman–Crippen LogP) is 2.93. The average molecular weight is 335 g/mol. The Kier molecular flexibility index (Phi) is 5.02. The van der Waals surface area contributed by atoms with Crippen molar-refractivity contribution in [2.45, 2.75) is 38.6 Å². The van der Waals surface area contributed by atoms with Crippen LogP contribution in [0, 0.1) is 11.8 Å². The second-order valence-electron chi connectivity index (χ2n) is 6.31. The summed E-state index contributed by atoms with van der Waals surface area (Å²) in [6, 6.07) is 8.57. The number of hydrogen-bond acceptors (Lipinski definition) is 4. The highest BCUT2D eigenvalue weighted by Crippen LogP contribution is 2.44. The lowest BCUT2D eigenvalue weighted by Gasteiger charge is -2.25. The fourth-order valence-corrected chi connectivity index (χ4v) is 3.78. The van der Waals surface area contributed by atoms with Gasteiger partial charge in [-0.3, -0.25) is 4.90 Å². The van der Waals surface area contributed by atoms with Crippen LogP contribution in [-0.2, 0) is 20.9 Å². The third kappa shape index (κ3) is 3.23. The molecule has 1 aliphatic carbocycles. The van der Waals surface area contributed by atoms with E-state index in [1.54, 1.807) is 6.92 Å². The van der Waals surface area contributed by atoms with Gasteiger partial charge in [0.2, 0.25) is 0 Å². The summed E-state index contributed by atoms with van der Waals surface area (Å²) in [6.07, 6.45) is -0.520. The first-order chi connectivity index (χ1) is 11.6. The Hall–Kier alpha value is -2.11. The smallest absolute Gasteiger partial charge is 0.410 e. The molecular formula is C18H22FNO4. The van der Waals surface area contributed by atoms with Crippen molar-refractivity contribution in [2.24, 2.45) is 11.8 Å². The van der Waals surface area contributed by atoms with Gasteiger partial charge in [-0.25, -0.2) is 14.0 Å². The van der Waals surface area contributed by atoms with E-state index in [9.17, 15) is 14.0 Å². The van der Waals surface area contributed by atoms with E-state index in [2.05, 4.69) is 0 Å². The van der Waals surface area contributed by atoms with E-state index in [0.29, 0.717) is 12.8 Å². The molecule has 0 N–H and O–H groups in total. The molecule has 0 spiro atoms. The first-order valence-corrected chi connectivity index (χ1v) is 8.39. The lowest BCUT2D eigenvalue weighted by Crippen LogP contribution is -2.44. The van der Waals surface area contributed by atoms with E-state index >= 15 is 0 Å². The van der Waals surface area contributed by atoms with Crippen molar-refractivity contribution in [3.63, 3.8) is 0 Å². The first-order valence-electron chi connectivity index (χ1n) is 8.39. The molecule has 5 nitrogen and oxygen atoms in total. The Bertz CT molecular complexity index is 594. The molecule has 1 aliphatic heterocycles. The highest BCUT2D eigenvalue weighted by atomic mass is 19.1. The van der Waals surface area contributed by atoms with Gasteiger partial charge in [-0.1, -0.05) is 30.3 Å². The SMILES string of the molecule is CCOC(=O)[C@@H]1[C@H]2CC[C@H](F)[C@H]2CN1C(=O)OCc1ccccc1. The molecular weight excluding hydrogens is 313 g/mol. The fraction of sp³-hybridized carbons (Fsp3) is 0.556. The van der Waals surface area contributed by atoms with Crippen LogP contribution in [0.4, 0.5) is 9.18 Å². The Balaban J connectivity index is 1.69.